The van der Waals surface area contributed by atoms with Gasteiger partial charge in [0.05, 0.1) is 7.11 Å². The molecule has 0 fully saturated rings. The van der Waals surface area contributed by atoms with Gasteiger partial charge in [0.25, 0.3) is 0 Å². The zero-order chi connectivity index (χ0) is 17.2. The van der Waals surface area contributed by atoms with Gasteiger partial charge in [-0.1, -0.05) is 18.2 Å². The van der Waals surface area contributed by atoms with Crippen LogP contribution in [0.25, 0.3) is 0 Å². The predicted molar refractivity (Wildman–Crippen MR) is 114 cm³/mol. The number of nitrogens with one attached hydrogen (secondary N) is 1. The first-order chi connectivity index (χ1) is 11.7. The van der Waals surface area contributed by atoms with E-state index in [0.717, 1.165) is 37.8 Å². The van der Waals surface area contributed by atoms with Crippen LogP contribution < -0.4 is 10.1 Å². The van der Waals surface area contributed by atoms with Gasteiger partial charge in [0.15, 0.2) is 5.96 Å². The smallest absolute Gasteiger partial charge is 0.193 e. The van der Waals surface area contributed by atoms with Crippen molar-refractivity contribution in [3.63, 3.8) is 0 Å². The number of pyridine rings is 1. The Morgan fingerprint density at radius 2 is 1.96 bits per heavy atom. The fourth-order valence-corrected chi connectivity index (χ4v) is 2.39. The molecule has 0 radical (unpaired) electrons. The Hall–Kier alpha value is -1.83. The summed E-state index contributed by atoms with van der Waals surface area (Å²) < 4.78 is 5.20. The van der Waals surface area contributed by atoms with Crippen molar-refractivity contribution in [2.75, 3.05) is 27.2 Å². The number of aliphatic imine (C=N–C) groups is 1. The molecular formula is C19H27IN4O. The van der Waals surface area contributed by atoms with Crippen molar-refractivity contribution in [1.82, 2.24) is 15.2 Å². The topological polar surface area (TPSA) is 49.8 Å². The van der Waals surface area contributed by atoms with Crippen molar-refractivity contribution in [3.05, 3.63) is 59.9 Å². The molecule has 0 amide bonds. The summed E-state index contributed by atoms with van der Waals surface area (Å²) in [6.07, 6.45) is 4.57. The largest absolute Gasteiger partial charge is 0.497 e. The Morgan fingerprint density at radius 1 is 1.20 bits per heavy atom. The van der Waals surface area contributed by atoms with Crippen molar-refractivity contribution in [3.8, 4) is 5.75 Å². The summed E-state index contributed by atoms with van der Waals surface area (Å²) in [5, 5.41) is 3.35. The fraction of sp³-hybridized carbons (Fsp3) is 0.368. The quantitative estimate of drug-likeness (QED) is 0.396. The summed E-state index contributed by atoms with van der Waals surface area (Å²) in [4.78, 5) is 11.0. The van der Waals surface area contributed by atoms with Crippen LogP contribution >= 0.6 is 24.0 Å². The third-order valence-corrected chi connectivity index (χ3v) is 3.66. The Bertz CT molecular complexity index is 632. The number of methoxy groups -OCH3 is 1. The van der Waals surface area contributed by atoms with E-state index in [1.54, 1.807) is 13.3 Å². The molecule has 136 valence electrons. The minimum Gasteiger partial charge on any atom is -0.497 e. The number of hydrogen-bond acceptors (Lipinski definition) is 3. The molecule has 2 aromatic rings. The van der Waals surface area contributed by atoms with Gasteiger partial charge in [-0.3, -0.25) is 9.98 Å². The van der Waals surface area contributed by atoms with Crippen LogP contribution in [0.2, 0.25) is 0 Å². The molecule has 1 aromatic heterocycles. The maximum absolute atomic E-state index is 5.20. The van der Waals surface area contributed by atoms with Gasteiger partial charge in [0.1, 0.15) is 5.75 Å². The maximum Gasteiger partial charge on any atom is 0.193 e. The lowest BCUT2D eigenvalue weighted by Crippen LogP contribution is -2.38. The Kier molecular flexibility index (Phi) is 9.91. The Morgan fingerprint density at radius 3 is 2.56 bits per heavy atom. The second-order valence-corrected chi connectivity index (χ2v) is 5.55. The molecule has 0 saturated carbocycles. The number of ether oxygens (including phenoxy) is 1. The van der Waals surface area contributed by atoms with Crippen LogP contribution in [0, 0.1) is 0 Å². The second kappa shape index (κ2) is 11.7. The van der Waals surface area contributed by atoms with Gasteiger partial charge >= 0.3 is 0 Å². The molecule has 2 rings (SSSR count). The van der Waals surface area contributed by atoms with Gasteiger partial charge < -0.3 is 15.0 Å². The molecule has 1 aromatic carbocycles. The molecule has 0 atom stereocenters. The van der Waals surface area contributed by atoms with E-state index < -0.39 is 0 Å². The van der Waals surface area contributed by atoms with Gasteiger partial charge in [-0.15, -0.1) is 24.0 Å². The summed E-state index contributed by atoms with van der Waals surface area (Å²) in [7, 11) is 3.73. The molecule has 25 heavy (non-hydrogen) atoms. The minimum atomic E-state index is 0. The SMILES string of the molecule is CCNC(=NCCc1cccnc1)N(C)Cc1ccc(OC)cc1.I. The molecule has 0 bridgehead atoms. The predicted octanol–water partition coefficient (Wildman–Crippen LogP) is 3.35. The number of benzene rings is 1. The molecule has 0 aliphatic heterocycles. The Balaban J connectivity index is 0.00000312. The van der Waals surface area contributed by atoms with Gasteiger partial charge in [-0.2, -0.15) is 0 Å². The van der Waals surface area contributed by atoms with Crippen molar-refractivity contribution < 1.29 is 4.74 Å². The van der Waals surface area contributed by atoms with Crippen LogP contribution in [0.15, 0.2) is 53.8 Å². The molecule has 6 heteroatoms. The van der Waals surface area contributed by atoms with Crippen molar-refractivity contribution >= 4 is 29.9 Å². The molecule has 0 spiro atoms. The monoisotopic (exact) mass is 454 g/mol. The van der Waals surface area contributed by atoms with Crippen LogP contribution in [0.4, 0.5) is 0 Å². The van der Waals surface area contributed by atoms with Crippen molar-refractivity contribution in [2.24, 2.45) is 4.99 Å². The fourth-order valence-electron chi connectivity index (χ4n) is 2.39. The van der Waals surface area contributed by atoms with Gasteiger partial charge in [0, 0.05) is 39.1 Å². The number of guanidine groups is 1. The highest BCUT2D eigenvalue weighted by Gasteiger charge is 2.06. The number of rotatable bonds is 7. The van der Waals surface area contributed by atoms with Gasteiger partial charge in [-0.05, 0) is 42.7 Å². The van der Waals surface area contributed by atoms with Crippen molar-refractivity contribution in [2.45, 2.75) is 19.9 Å². The minimum absolute atomic E-state index is 0. The van der Waals surface area contributed by atoms with Crippen LogP contribution in [0.1, 0.15) is 18.1 Å². The van der Waals surface area contributed by atoms with Crippen molar-refractivity contribution in [1.29, 1.82) is 0 Å². The standard InChI is InChI=1S/C19H26N4O.HI/c1-4-21-19(22-13-11-16-6-5-12-20-14-16)23(2)15-17-7-9-18(24-3)10-8-17;/h5-10,12,14H,4,11,13,15H2,1-3H3,(H,21,22);1H. The van der Waals surface area contributed by atoms with Gasteiger partial charge in [-0.25, -0.2) is 0 Å². The van der Waals surface area contributed by atoms with E-state index >= 15 is 0 Å². The molecule has 1 heterocycles. The van der Waals surface area contributed by atoms with E-state index in [-0.39, 0.29) is 24.0 Å². The molecule has 0 aliphatic carbocycles. The third kappa shape index (κ3) is 7.29. The summed E-state index contributed by atoms with van der Waals surface area (Å²) in [5.41, 5.74) is 2.42. The first-order valence-corrected chi connectivity index (χ1v) is 8.24. The summed E-state index contributed by atoms with van der Waals surface area (Å²) in [6, 6.07) is 12.2. The number of hydrogen-bond donors (Lipinski definition) is 1. The highest BCUT2D eigenvalue weighted by Crippen LogP contribution is 2.12. The summed E-state index contributed by atoms with van der Waals surface area (Å²) in [6.45, 7) is 4.46. The average Bonchev–Trinajstić information content (AvgIpc) is 2.62. The zero-order valence-electron chi connectivity index (χ0n) is 15.1. The molecule has 0 aliphatic rings. The lowest BCUT2D eigenvalue weighted by Gasteiger charge is -2.22. The van der Waals surface area contributed by atoms with Crippen LogP contribution in [0.5, 0.6) is 5.75 Å². The first kappa shape index (κ1) is 21.2. The molecule has 0 unspecified atom stereocenters. The molecule has 0 saturated heterocycles. The van der Waals surface area contributed by atoms with E-state index in [2.05, 4.69) is 47.4 Å². The van der Waals surface area contributed by atoms with E-state index in [1.807, 2.05) is 24.4 Å². The zero-order valence-corrected chi connectivity index (χ0v) is 17.4. The third-order valence-electron chi connectivity index (χ3n) is 3.66. The molecular weight excluding hydrogens is 427 g/mol. The van der Waals surface area contributed by atoms with Gasteiger partial charge in [0.2, 0.25) is 0 Å². The highest BCUT2D eigenvalue weighted by atomic mass is 127. The van der Waals surface area contributed by atoms with Crippen LogP contribution in [-0.4, -0.2) is 43.1 Å². The number of halogens is 1. The Labute approximate surface area is 167 Å². The van der Waals surface area contributed by atoms with E-state index in [9.17, 15) is 0 Å². The summed E-state index contributed by atoms with van der Waals surface area (Å²) in [5.74, 6) is 1.79. The number of aromatic nitrogens is 1. The molecule has 1 N–H and O–H groups in total. The maximum atomic E-state index is 5.20. The second-order valence-electron chi connectivity index (χ2n) is 5.55. The molecule has 5 nitrogen and oxygen atoms in total. The van der Waals surface area contributed by atoms with E-state index in [4.69, 9.17) is 9.73 Å². The lowest BCUT2D eigenvalue weighted by atomic mass is 10.2. The van der Waals surface area contributed by atoms with Crippen LogP contribution in [-0.2, 0) is 13.0 Å². The highest BCUT2D eigenvalue weighted by molar-refractivity contribution is 14.0. The average molecular weight is 454 g/mol. The summed E-state index contributed by atoms with van der Waals surface area (Å²) >= 11 is 0. The van der Waals surface area contributed by atoms with E-state index in [1.165, 1.54) is 11.1 Å². The van der Waals surface area contributed by atoms with Crippen LogP contribution in [0.3, 0.4) is 0 Å². The number of nitrogens with zero attached hydrogens (tertiary/aromatic N) is 3. The van der Waals surface area contributed by atoms with E-state index in [0.29, 0.717) is 0 Å². The lowest BCUT2D eigenvalue weighted by molar-refractivity contribution is 0.414. The normalized spacial score (nSPS) is 10.8. The first-order valence-electron chi connectivity index (χ1n) is 8.24.